The van der Waals surface area contributed by atoms with Crippen LogP contribution >= 0.6 is 0 Å². The first-order chi connectivity index (χ1) is 13.8. The zero-order chi connectivity index (χ0) is 20.6. The molecule has 158 valence electrons. The van der Waals surface area contributed by atoms with Crippen molar-refractivity contribution in [3.05, 3.63) is 18.1 Å². The number of amides is 2. The van der Waals surface area contributed by atoms with Crippen LogP contribution in [0.1, 0.15) is 77.3 Å². The van der Waals surface area contributed by atoms with Crippen LogP contribution in [0.25, 0.3) is 0 Å². The van der Waals surface area contributed by atoms with Gasteiger partial charge in [0.2, 0.25) is 5.91 Å². The number of nitrogens with zero attached hydrogens (tertiary/aromatic N) is 4. The van der Waals surface area contributed by atoms with Gasteiger partial charge in [-0.25, -0.2) is 9.78 Å². The van der Waals surface area contributed by atoms with Crippen molar-refractivity contribution in [1.29, 1.82) is 0 Å². The van der Waals surface area contributed by atoms with Crippen molar-refractivity contribution in [2.75, 3.05) is 24.5 Å². The predicted molar refractivity (Wildman–Crippen MR) is 110 cm³/mol. The lowest BCUT2D eigenvalue weighted by Crippen LogP contribution is -2.44. The largest absolute Gasteiger partial charge is 0.441 e. The van der Waals surface area contributed by atoms with Crippen molar-refractivity contribution >= 4 is 17.8 Å². The predicted octanol–water partition coefficient (Wildman–Crippen LogP) is 3.89. The van der Waals surface area contributed by atoms with Gasteiger partial charge in [-0.2, -0.15) is 0 Å². The average molecular weight is 401 g/mol. The Morgan fingerprint density at radius 1 is 1.14 bits per heavy atom. The lowest BCUT2D eigenvalue weighted by Gasteiger charge is -2.36. The maximum absolute atomic E-state index is 12.6. The van der Waals surface area contributed by atoms with Crippen LogP contribution in [0.4, 0.5) is 10.6 Å². The standard InChI is InChI=1S/C22H32N4O3/c1-21(2,3)19(27)25-11-7-8-16(14-25)17-12-24-18(13-23-17)26-15-22(29-20(26)28)9-5-4-6-10-22/h12-13,16H,4-11,14-15H2,1-3H3/t16-/m0/s1. The highest BCUT2D eigenvalue weighted by Crippen LogP contribution is 2.38. The Morgan fingerprint density at radius 2 is 1.90 bits per heavy atom. The molecule has 0 bridgehead atoms. The van der Waals surface area contributed by atoms with Gasteiger partial charge in [0.15, 0.2) is 5.82 Å². The van der Waals surface area contributed by atoms with Gasteiger partial charge in [0, 0.05) is 24.4 Å². The van der Waals surface area contributed by atoms with Crippen LogP contribution < -0.4 is 4.90 Å². The fraction of sp³-hybridized carbons (Fsp3) is 0.727. The van der Waals surface area contributed by atoms with E-state index >= 15 is 0 Å². The first-order valence-corrected chi connectivity index (χ1v) is 10.9. The molecule has 29 heavy (non-hydrogen) atoms. The molecule has 1 saturated carbocycles. The first kappa shape index (κ1) is 20.1. The van der Waals surface area contributed by atoms with Crippen molar-refractivity contribution in [2.24, 2.45) is 5.41 Å². The summed E-state index contributed by atoms with van der Waals surface area (Å²) in [6.45, 7) is 7.93. The van der Waals surface area contributed by atoms with Gasteiger partial charge in [-0.3, -0.25) is 14.7 Å². The molecule has 2 aliphatic heterocycles. The maximum atomic E-state index is 12.6. The molecular formula is C22H32N4O3. The summed E-state index contributed by atoms with van der Waals surface area (Å²) < 4.78 is 5.75. The third-order valence-corrected chi connectivity index (χ3v) is 6.44. The molecule has 1 aromatic rings. The molecule has 3 heterocycles. The van der Waals surface area contributed by atoms with Crippen LogP contribution in [0.15, 0.2) is 12.4 Å². The zero-order valence-electron chi connectivity index (χ0n) is 17.8. The molecule has 7 heteroatoms. The van der Waals surface area contributed by atoms with Crippen LogP contribution in [0, 0.1) is 5.41 Å². The number of ether oxygens (including phenoxy) is 1. The minimum absolute atomic E-state index is 0.185. The highest BCUT2D eigenvalue weighted by Gasteiger charge is 2.46. The van der Waals surface area contributed by atoms with Crippen molar-refractivity contribution < 1.29 is 14.3 Å². The number of anilines is 1. The van der Waals surface area contributed by atoms with Crippen molar-refractivity contribution in [3.8, 4) is 0 Å². The van der Waals surface area contributed by atoms with Gasteiger partial charge in [0.05, 0.1) is 24.6 Å². The Morgan fingerprint density at radius 3 is 2.55 bits per heavy atom. The average Bonchev–Trinajstić information content (AvgIpc) is 3.03. The third kappa shape index (κ3) is 4.09. The molecule has 1 spiro atoms. The summed E-state index contributed by atoms with van der Waals surface area (Å²) in [4.78, 5) is 37.8. The van der Waals surface area contributed by atoms with Gasteiger partial charge in [-0.05, 0) is 38.5 Å². The van der Waals surface area contributed by atoms with Gasteiger partial charge in [-0.15, -0.1) is 0 Å². The van der Waals surface area contributed by atoms with Crippen molar-refractivity contribution in [2.45, 2.75) is 77.2 Å². The summed E-state index contributed by atoms with van der Waals surface area (Å²) in [6, 6.07) is 0. The van der Waals surface area contributed by atoms with Crippen molar-refractivity contribution in [3.63, 3.8) is 0 Å². The first-order valence-electron chi connectivity index (χ1n) is 10.9. The highest BCUT2D eigenvalue weighted by atomic mass is 16.6. The third-order valence-electron chi connectivity index (χ3n) is 6.44. The molecule has 0 unspecified atom stereocenters. The number of likely N-dealkylation sites (tertiary alicyclic amines) is 1. The number of aromatic nitrogens is 2. The molecule has 7 nitrogen and oxygen atoms in total. The number of carbonyl (C=O) groups excluding carboxylic acids is 2. The quantitative estimate of drug-likeness (QED) is 0.753. The SMILES string of the molecule is CC(C)(C)C(=O)N1CCC[C@H](c2cnc(N3CC4(CCCCC4)OC3=O)cn2)C1. The zero-order valence-corrected chi connectivity index (χ0v) is 17.8. The lowest BCUT2D eigenvalue weighted by atomic mass is 9.85. The van der Waals surface area contributed by atoms with Crippen LogP contribution in [0.3, 0.4) is 0 Å². The number of hydrogen-bond acceptors (Lipinski definition) is 5. The molecule has 1 aromatic heterocycles. The minimum Gasteiger partial charge on any atom is -0.441 e. The van der Waals surface area contributed by atoms with E-state index in [1.807, 2.05) is 25.7 Å². The number of carbonyl (C=O) groups is 2. The summed E-state index contributed by atoms with van der Waals surface area (Å²) in [6.07, 6.45) is 10.4. The fourth-order valence-corrected chi connectivity index (χ4v) is 4.81. The molecule has 2 saturated heterocycles. The molecule has 0 radical (unpaired) electrons. The van der Waals surface area contributed by atoms with Gasteiger partial charge >= 0.3 is 6.09 Å². The molecule has 1 aliphatic carbocycles. The summed E-state index contributed by atoms with van der Waals surface area (Å²) >= 11 is 0. The van der Waals surface area contributed by atoms with Crippen LogP contribution in [0.2, 0.25) is 0 Å². The smallest absolute Gasteiger partial charge is 0.416 e. The van der Waals surface area contributed by atoms with Crippen molar-refractivity contribution in [1.82, 2.24) is 14.9 Å². The Bertz CT molecular complexity index is 765. The van der Waals surface area contributed by atoms with Gasteiger partial charge in [0.25, 0.3) is 0 Å². The molecule has 1 atom stereocenters. The Labute approximate surface area is 172 Å². The van der Waals surface area contributed by atoms with E-state index in [1.54, 1.807) is 17.3 Å². The number of hydrogen-bond donors (Lipinski definition) is 0. The summed E-state index contributed by atoms with van der Waals surface area (Å²) in [7, 11) is 0. The molecule has 0 aromatic carbocycles. The molecule has 0 N–H and O–H groups in total. The lowest BCUT2D eigenvalue weighted by molar-refractivity contribution is -0.140. The molecule has 2 amide bonds. The second-order valence-corrected chi connectivity index (χ2v) is 9.84. The number of piperidine rings is 1. The van der Waals surface area contributed by atoms with E-state index < -0.39 is 0 Å². The second kappa shape index (κ2) is 7.58. The van der Waals surface area contributed by atoms with E-state index in [4.69, 9.17) is 4.74 Å². The Balaban J connectivity index is 1.44. The monoisotopic (exact) mass is 400 g/mol. The maximum Gasteiger partial charge on any atom is 0.416 e. The minimum atomic E-state index is -0.372. The van der Waals surface area contributed by atoms with E-state index in [9.17, 15) is 9.59 Å². The van der Waals surface area contributed by atoms with Crippen LogP contribution in [-0.2, 0) is 9.53 Å². The molecule has 4 rings (SSSR count). The highest BCUT2D eigenvalue weighted by molar-refractivity contribution is 5.89. The topological polar surface area (TPSA) is 75.6 Å². The van der Waals surface area contributed by atoms with Gasteiger partial charge < -0.3 is 9.64 Å². The molecular weight excluding hydrogens is 368 g/mol. The van der Waals surface area contributed by atoms with E-state index in [0.29, 0.717) is 18.9 Å². The molecule has 3 fully saturated rings. The normalized spacial score (nSPS) is 24.7. The van der Waals surface area contributed by atoms with E-state index in [0.717, 1.165) is 50.8 Å². The summed E-state index contributed by atoms with van der Waals surface area (Å²) in [5.41, 5.74) is 0.176. The molecule has 3 aliphatic rings. The number of rotatable bonds is 2. The van der Waals surface area contributed by atoms with Crippen LogP contribution in [-0.4, -0.2) is 52.1 Å². The summed E-state index contributed by atoms with van der Waals surface area (Å²) in [5, 5.41) is 0. The van der Waals surface area contributed by atoms with E-state index in [-0.39, 0.29) is 28.9 Å². The summed E-state index contributed by atoms with van der Waals surface area (Å²) in [5.74, 6) is 0.927. The van der Waals surface area contributed by atoms with E-state index in [1.165, 1.54) is 6.42 Å². The van der Waals surface area contributed by atoms with Crippen LogP contribution in [0.5, 0.6) is 0 Å². The fourth-order valence-electron chi connectivity index (χ4n) is 4.81. The Hall–Kier alpha value is -2.18. The van der Waals surface area contributed by atoms with E-state index in [2.05, 4.69) is 9.97 Å². The second-order valence-electron chi connectivity index (χ2n) is 9.84. The Kier molecular flexibility index (Phi) is 5.25. The van der Waals surface area contributed by atoms with Gasteiger partial charge in [-0.1, -0.05) is 27.2 Å². The van der Waals surface area contributed by atoms with Gasteiger partial charge in [0.1, 0.15) is 5.60 Å².